The number of rotatable bonds is 10. The van der Waals surface area contributed by atoms with Crippen LogP contribution in [0.5, 0.6) is 0 Å². The van der Waals surface area contributed by atoms with Gasteiger partial charge in [0.25, 0.3) is 10.1 Å². The van der Waals surface area contributed by atoms with Gasteiger partial charge in [-0.05, 0) is 36.7 Å². The molecule has 1 aromatic rings. The average Bonchev–Trinajstić information content (AvgIpc) is 2.50. The Morgan fingerprint density at radius 1 is 1.18 bits per heavy atom. The third-order valence-corrected chi connectivity index (χ3v) is 5.89. The van der Waals surface area contributed by atoms with Crippen molar-refractivity contribution in [1.82, 2.24) is 0 Å². The zero-order valence-corrected chi connectivity index (χ0v) is 14.6. The van der Waals surface area contributed by atoms with Crippen LogP contribution >= 0.6 is 0 Å². The minimum atomic E-state index is -3.94. The fourth-order valence-corrected chi connectivity index (χ4v) is 3.78. The number of hydrogen-bond donors (Lipinski definition) is 1. The highest BCUT2D eigenvalue weighted by molar-refractivity contribution is 7.86. The predicted molar refractivity (Wildman–Crippen MR) is 92.5 cm³/mol. The molecule has 22 heavy (non-hydrogen) atoms. The Kier molecular flexibility index (Phi) is 7.57. The fraction of sp³-hybridized carbons (Fsp3) is 0.611. The van der Waals surface area contributed by atoms with E-state index in [4.69, 9.17) is 0 Å². The summed E-state index contributed by atoms with van der Waals surface area (Å²) in [7, 11) is -3.94. The molecule has 4 heteroatoms. The molecule has 2 unspecified atom stereocenters. The number of benzene rings is 1. The topological polar surface area (TPSA) is 54.4 Å². The van der Waals surface area contributed by atoms with Gasteiger partial charge in [-0.3, -0.25) is 4.55 Å². The van der Waals surface area contributed by atoms with Crippen molar-refractivity contribution < 1.29 is 13.0 Å². The Balaban J connectivity index is 2.66. The first-order valence-corrected chi connectivity index (χ1v) is 9.65. The Hall–Kier alpha value is -0.870. The summed E-state index contributed by atoms with van der Waals surface area (Å²) in [4.78, 5) is 0. The zero-order chi connectivity index (χ0) is 16.6. The average molecular weight is 325 g/mol. The van der Waals surface area contributed by atoms with E-state index in [1.807, 2.05) is 25.1 Å². The van der Waals surface area contributed by atoms with Gasteiger partial charge in [0.05, 0.1) is 5.25 Å². The molecule has 0 saturated heterocycles. The second-order valence-corrected chi connectivity index (χ2v) is 8.04. The normalized spacial score (nSPS) is 16.2. The van der Waals surface area contributed by atoms with E-state index >= 15 is 0 Å². The third-order valence-electron chi connectivity index (χ3n) is 4.58. The molecule has 0 aliphatic heterocycles. The van der Waals surface area contributed by atoms with Crippen LogP contribution in [0.15, 0.2) is 30.3 Å². The van der Waals surface area contributed by atoms with Gasteiger partial charge in [-0.25, -0.2) is 0 Å². The molecule has 0 bridgehead atoms. The van der Waals surface area contributed by atoms with Crippen molar-refractivity contribution in [2.75, 3.05) is 0 Å². The monoisotopic (exact) mass is 325 g/mol. The van der Waals surface area contributed by atoms with E-state index in [2.05, 4.69) is 26.0 Å². The van der Waals surface area contributed by atoms with Gasteiger partial charge in [0.2, 0.25) is 0 Å². The number of hydrogen-bond acceptors (Lipinski definition) is 2. The van der Waals surface area contributed by atoms with Crippen LogP contribution in [0.1, 0.15) is 64.4 Å². The minimum Gasteiger partial charge on any atom is -0.285 e. The number of unbranched alkanes of at least 4 members (excludes halogenated alkanes) is 1. The van der Waals surface area contributed by atoms with Crippen LogP contribution in [0.25, 0.3) is 0 Å². The van der Waals surface area contributed by atoms with E-state index < -0.39 is 15.4 Å². The van der Waals surface area contributed by atoms with E-state index in [0.29, 0.717) is 12.8 Å². The van der Waals surface area contributed by atoms with Gasteiger partial charge in [-0.1, -0.05) is 70.4 Å². The Labute approximate surface area is 135 Å². The van der Waals surface area contributed by atoms with E-state index in [-0.39, 0.29) is 5.41 Å². The van der Waals surface area contributed by atoms with Crippen LogP contribution in [-0.2, 0) is 15.5 Å². The first-order valence-electron chi connectivity index (χ1n) is 8.14. The smallest absolute Gasteiger partial charge is 0.267 e. The second kappa shape index (κ2) is 8.68. The Morgan fingerprint density at radius 3 is 2.27 bits per heavy atom. The van der Waals surface area contributed by atoms with Crippen LogP contribution in [0, 0.1) is 6.92 Å². The van der Waals surface area contributed by atoms with Gasteiger partial charge in [-0.2, -0.15) is 8.42 Å². The van der Waals surface area contributed by atoms with Crippen molar-refractivity contribution in [3.8, 4) is 0 Å². The first kappa shape index (κ1) is 19.2. The maximum atomic E-state index is 11.5. The standard InChI is InChI=1S/C18H29O3S/c1-4-6-13-17(22(19,20)21)14-10-15-18(3,5-2)16-11-8-7-9-12-16/h7-9,11-12,17H,2,4-6,10,13-15H2,1,3H3,(H,19,20,21). The largest absolute Gasteiger partial charge is 0.285 e. The lowest BCUT2D eigenvalue weighted by Gasteiger charge is -2.29. The molecule has 0 spiro atoms. The summed E-state index contributed by atoms with van der Waals surface area (Å²) in [6.45, 7) is 8.26. The van der Waals surface area contributed by atoms with Crippen molar-refractivity contribution in [2.24, 2.45) is 0 Å². The van der Waals surface area contributed by atoms with E-state index in [1.165, 1.54) is 5.56 Å². The molecule has 125 valence electrons. The molecule has 0 heterocycles. The molecule has 2 atom stereocenters. The van der Waals surface area contributed by atoms with Crippen LogP contribution in [-0.4, -0.2) is 18.2 Å². The first-order chi connectivity index (χ1) is 10.3. The molecule has 3 nitrogen and oxygen atoms in total. The van der Waals surface area contributed by atoms with Gasteiger partial charge in [-0.15, -0.1) is 0 Å². The lowest BCUT2D eigenvalue weighted by Crippen LogP contribution is -2.24. The van der Waals surface area contributed by atoms with Gasteiger partial charge in [0.15, 0.2) is 0 Å². The highest BCUT2D eigenvalue weighted by Gasteiger charge is 2.27. The highest BCUT2D eigenvalue weighted by Crippen LogP contribution is 2.33. The van der Waals surface area contributed by atoms with Crippen LogP contribution < -0.4 is 0 Å². The lowest BCUT2D eigenvalue weighted by molar-refractivity contribution is 0.398. The van der Waals surface area contributed by atoms with Crippen molar-refractivity contribution >= 4 is 10.1 Å². The molecule has 1 aromatic carbocycles. The van der Waals surface area contributed by atoms with Crippen molar-refractivity contribution in [3.05, 3.63) is 42.8 Å². The summed E-state index contributed by atoms with van der Waals surface area (Å²) in [5.74, 6) is 0. The van der Waals surface area contributed by atoms with Crippen molar-refractivity contribution in [3.63, 3.8) is 0 Å². The molecule has 0 saturated carbocycles. The molecule has 0 aliphatic rings. The summed E-state index contributed by atoms with van der Waals surface area (Å²) in [6.07, 6.45) is 5.24. The predicted octanol–water partition coefficient (Wildman–Crippen LogP) is 4.79. The van der Waals surface area contributed by atoms with Gasteiger partial charge in [0.1, 0.15) is 0 Å². The van der Waals surface area contributed by atoms with Crippen LogP contribution in [0.4, 0.5) is 0 Å². The SMILES string of the molecule is [CH2]CC(C)(CCCC(CCCC)S(=O)(=O)O)c1ccccc1. The van der Waals surface area contributed by atoms with Crippen molar-refractivity contribution in [2.45, 2.75) is 69.5 Å². The Bertz CT molecular complexity index is 525. The maximum Gasteiger partial charge on any atom is 0.267 e. The molecular weight excluding hydrogens is 296 g/mol. The summed E-state index contributed by atoms with van der Waals surface area (Å²) in [5.41, 5.74) is 1.19. The van der Waals surface area contributed by atoms with E-state index in [1.54, 1.807) is 0 Å². The highest BCUT2D eigenvalue weighted by atomic mass is 32.2. The van der Waals surface area contributed by atoms with E-state index in [9.17, 15) is 13.0 Å². The minimum absolute atomic E-state index is 0.0458. The Morgan fingerprint density at radius 2 is 1.77 bits per heavy atom. The molecule has 0 amide bonds. The lowest BCUT2D eigenvalue weighted by atomic mass is 9.76. The second-order valence-electron chi connectivity index (χ2n) is 6.35. The summed E-state index contributed by atoms with van der Waals surface area (Å²) >= 11 is 0. The zero-order valence-electron chi connectivity index (χ0n) is 13.8. The molecule has 0 aliphatic carbocycles. The van der Waals surface area contributed by atoms with Gasteiger partial charge < -0.3 is 0 Å². The summed E-state index contributed by atoms with van der Waals surface area (Å²) in [6, 6.07) is 10.2. The molecular formula is C18H29O3S. The summed E-state index contributed by atoms with van der Waals surface area (Å²) in [5, 5.41) is -0.628. The maximum absolute atomic E-state index is 11.5. The molecule has 0 aromatic heterocycles. The van der Waals surface area contributed by atoms with E-state index in [0.717, 1.165) is 32.1 Å². The van der Waals surface area contributed by atoms with Gasteiger partial charge >= 0.3 is 0 Å². The fourth-order valence-electron chi connectivity index (χ4n) is 2.85. The van der Waals surface area contributed by atoms with Crippen molar-refractivity contribution in [1.29, 1.82) is 0 Å². The molecule has 1 radical (unpaired) electrons. The molecule has 0 fully saturated rings. The molecule has 1 rings (SSSR count). The third kappa shape index (κ3) is 5.73. The quantitative estimate of drug-likeness (QED) is 0.629. The molecule has 1 N–H and O–H groups in total. The van der Waals surface area contributed by atoms with Crippen LogP contribution in [0.3, 0.4) is 0 Å². The van der Waals surface area contributed by atoms with Gasteiger partial charge in [0, 0.05) is 0 Å². The summed E-state index contributed by atoms with van der Waals surface area (Å²) < 4.78 is 32.3. The van der Waals surface area contributed by atoms with Crippen LogP contribution in [0.2, 0.25) is 0 Å².